The summed E-state index contributed by atoms with van der Waals surface area (Å²) in [5, 5.41) is 0. The normalized spacial score (nSPS) is 12.2. The Balaban J connectivity index is 3.07. The summed E-state index contributed by atoms with van der Waals surface area (Å²) in [5.74, 6) is 0. The second-order valence-corrected chi connectivity index (χ2v) is 9.10. The van der Waals surface area contributed by atoms with E-state index in [1.807, 2.05) is 0 Å². The summed E-state index contributed by atoms with van der Waals surface area (Å²) in [7, 11) is -0.955. The molecule has 0 radical (unpaired) electrons. The summed E-state index contributed by atoms with van der Waals surface area (Å²) >= 11 is 3.67. The Morgan fingerprint density at radius 3 is 2.29 bits per heavy atom. The fraction of sp³-hybridized carbons (Fsp3) is 0.571. The maximum atomic E-state index is 5.84. The van der Waals surface area contributed by atoms with Crippen LogP contribution in [0, 0.1) is 6.92 Å². The largest absolute Gasteiger partial charge is 0.416 e. The van der Waals surface area contributed by atoms with Crippen LogP contribution in [0.5, 0.6) is 0 Å². The molecule has 0 heterocycles. The molecule has 1 nitrogen and oxygen atoms in total. The predicted molar refractivity (Wildman–Crippen MR) is 81.2 cm³/mol. The minimum atomic E-state index is -0.955. The van der Waals surface area contributed by atoms with Gasteiger partial charge in [0.2, 0.25) is 0 Å². The molecule has 3 heteroatoms. The van der Waals surface area contributed by atoms with Crippen LogP contribution in [0.1, 0.15) is 37.5 Å². The third-order valence-electron chi connectivity index (χ3n) is 2.77. The second-order valence-electron chi connectivity index (χ2n) is 5.88. The Kier molecular flexibility index (Phi) is 4.99. The van der Waals surface area contributed by atoms with Crippen LogP contribution in [0.4, 0.5) is 0 Å². The number of hydrogen-bond acceptors (Lipinski definition) is 1. The zero-order chi connectivity index (χ0) is 13.2. The summed E-state index contributed by atoms with van der Waals surface area (Å²) in [6, 6.07) is 4.54. The molecule has 0 spiro atoms. The van der Waals surface area contributed by atoms with Gasteiger partial charge in [0.05, 0.1) is 6.61 Å². The van der Waals surface area contributed by atoms with Gasteiger partial charge in [0.1, 0.15) is 0 Å². The van der Waals surface area contributed by atoms with E-state index in [4.69, 9.17) is 4.43 Å². The Morgan fingerprint density at radius 1 is 1.24 bits per heavy atom. The van der Waals surface area contributed by atoms with E-state index in [9.17, 15) is 0 Å². The van der Waals surface area contributed by atoms with Gasteiger partial charge in [-0.2, -0.15) is 0 Å². The van der Waals surface area contributed by atoms with E-state index in [1.165, 1.54) is 21.2 Å². The topological polar surface area (TPSA) is 9.23 Å². The molecule has 0 fully saturated rings. The van der Waals surface area contributed by atoms with Crippen LogP contribution in [0.25, 0.3) is 0 Å². The van der Waals surface area contributed by atoms with Crippen LogP contribution in [0.15, 0.2) is 16.6 Å². The van der Waals surface area contributed by atoms with Crippen LogP contribution in [0.3, 0.4) is 0 Å². The zero-order valence-electron chi connectivity index (χ0n) is 11.7. The number of aryl methyl sites for hydroxylation is 1. The lowest BCUT2D eigenvalue weighted by molar-refractivity contribution is 0.313. The van der Waals surface area contributed by atoms with E-state index in [2.05, 4.69) is 68.9 Å². The molecule has 1 rings (SSSR count). The van der Waals surface area contributed by atoms with Gasteiger partial charge >= 0.3 is 0 Å². The first-order valence-corrected chi connectivity index (χ1v) is 9.70. The maximum Gasteiger partial charge on any atom is 0.171 e. The fourth-order valence-electron chi connectivity index (χ4n) is 1.64. The first kappa shape index (κ1) is 14.9. The average Bonchev–Trinajstić information content (AvgIpc) is 2.18. The first-order valence-electron chi connectivity index (χ1n) is 6.13. The molecule has 0 atom stereocenters. The van der Waals surface area contributed by atoms with E-state index in [-0.39, 0.29) is 5.41 Å². The van der Waals surface area contributed by atoms with Crippen LogP contribution < -0.4 is 0 Å². The summed E-state index contributed by atoms with van der Waals surface area (Å²) in [6.07, 6.45) is 0. The first-order chi connectivity index (χ1) is 7.71. The predicted octanol–water partition coefficient (Wildman–Crippen LogP) is 4.56. The monoisotopic (exact) mass is 314 g/mol. The van der Waals surface area contributed by atoms with Crippen LogP contribution in [0.2, 0.25) is 13.1 Å². The number of halogens is 1. The molecule has 0 unspecified atom stereocenters. The van der Waals surface area contributed by atoms with Crippen molar-refractivity contribution in [2.75, 3.05) is 0 Å². The summed E-state index contributed by atoms with van der Waals surface area (Å²) in [6.45, 7) is 14.0. The molecule has 0 aliphatic carbocycles. The lowest BCUT2D eigenvalue weighted by Crippen LogP contribution is -2.13. The second kappa shape index (κ2) is 5.68. The quantitative estimate of drug-likeness (QED) is 0.743. The van der Waals surface area contributed by atoms with Gasteiger partial charge in [-0.15, -0.1) is 0 Å². The van der Waals surface area contributed by atoms with Crippen molar-refractivity contribution in [1.29, 1.82) is 0 Å². The van der Waals surface area contributed by atoms with Crippen molar-refractivity contribution in [3.05, 3.63) is 33.3 Å². The van der Waals surface area contributed by atoms with Gasteiger partial charge in [-0.25, -0.2) is 0 Å². The summed E-state index contributed by atoms with van der Waals surface area (Å²) < 4.78 is 7.03. The maximum absolute atomic E-state index is 5.84. The van der Waals surface area contributed by atoms with Gasteiger partial charge in [0.25, 0.3) is 0 Å². The molecule has 96 valence electrons. The molecule has 0 bridgehead atoms. The molecule has 17 heavy (non-hydrogen) atoms. The molecule has 0 saturated heterocycles. The lowest BCUT2D eigenvalue weighted by Gasteiger charge is -2.22. The van der Waals surface area contributed by atoms with Crippen molar-refractivity contribution in [1.82, 2.24) is 0 Å². The highest BCUT2D eigenvalue weighted by atomic mass is 79.9. The highest BCUT2D eigenvalue weighted by Crippen LogP contribution is 2.30. The van der Waals surface area contributed by atoms with Crippen molar-refractivity contribution in [2.24, 2.45) is 0 Å². The molecular formula is C14H23BrOSi. The standard InChI is InChI=1S/C14H23BrOSi/c1-10-7-12(14(2,3)4)8-11(13(10)15)9-16-17(5)6/h7-8,17H,9H2,1-6H3. The van der Waals surface area contributed by atoms with Gasteiger partial charge in [-0.1, -0.05) is 48.8 Å². The van der Waals surface area contributed by atoms with Gasteiger partial charge in [-0.3, -0.25) is 0 Å². The molecule has 1 aromatic carbocycles. The van der Waals surface area contributed by atoms with Crippen LogP contribution in [-0.4, -0.2) is 9.04 Å². The fourth-order valence-corrected chi connectivity index (χ4v) is 2.49. The Bertz CT molecular complexity index is 394. The van der Waals surface area contributed by atoms with Crippen molar-refractivity contribution < 1.29 is 4.43 Å². The SMILES string of the molecule is Cc1cc(C(C)(C)C)cc(CO[SiH](C)C)c1Br. The van der Waals surface area contributed by atoms with Crippen molar-refractivity contribution in [3.8, 4) is 0 Å². The third kappa shape index (κ3) is 4.23. The minimum absolute atomic E-state index is 0.190. The van der Waals surface area contributed by atoms with Crippen molar-refractivity contribution in [2.45, 2.75) is 52.8 Å². The van der Waals surface area contributed by atoms with E-state index in [0.29, 0.717) is 0 Å². The number of hydrogen-bond donors (Lipinski definition) is 0. The summed E-state index contributed by atoms with van der Waals surface area (Å²) in [5.41, 5.74) is 4.13. The molecule has 1 aromatic rings. The van der Waals surface area contributed by atoms with Gasteiger partial charge in [0.15, 0.2) is 9.04 Å². The summed E-state index contributed by atoms with van der Waals surface area (Å²) in [4.78, 5) is 0. The van der Waals surface area contributed by atoms with Gasteiger partial charge in [0, 0.05) is 4.47 Å². The zero-order valence-corrected chi connectivity index (χ0v) is 14.5. The molecular weight excluding hydrogens is 292 g/mol. The molecule has 0 saturated carbocycles. The Hall–Kier alpha value is -0.123. The molecule has 0 aliphatic heterocycles. The van der Waals surface area contributed by atoms with Crippen molar-refractivity contribution >= 4 is 25.0 Å². The van der Waals surface area contributed by atoms with Gasteiger partial charge < -0.3 is 4.43 Å². The number of rotatable bonds is 3. The number of benzene rings is 1. The Labute approximate surface area is 115 Å². The van der Waals surface area contributed by atoms with Crippen LogP contribution in [-0.2, 0) is 16.4 Å². The molecule has 0 amide bonds. The average molecular weight is 315 g/mol. The molecule has 0 aliphatic rings. The smallest absolute Gasteiger partial charge is 0.171 e. The van der Waals surface area contributed by atoms with Crippen molar-refractivity contribution in [3.63, 3.8) is 0 Å². The third-order valence-corrected chi connectivity index (χ3v) is 4.74. The van der Waals surface area contributed by atoms with E-state index in [0.717, 1.165) is 6.61 Å². The highest BCUT2D eigenvalue weighted by molar-refractivity contribution is 9.10. The van der Waals surface area contributed by atoms with Gasteiger partial charge in [-0.05, 0) is 42.1 Å². The lowest BCUT2D eigenvalue weighted by atomic mass is 9.85. The highest BCUT2D eigenvalue weighted by Gasteiger charge is 2.16. The minimum Gasteiger partial charge on any atom is -0.416 e. The van der Waals surface area contributed by atoms with E-state index < -0.39 is 9.04 Å². The molecule has 0 N–H and O–H groups in total. The van der Waals surface area contributed by atoms with E-state index >= 15 is 0 Å². The molecule has 0 aromatic heterocycles. The van der Waals surface area contributed by atoms with Crippen LogP contribution >= 0.6 is 15.9 Å². The van der Waals surface area contributed by atoms with E-state index in [1.54, 1.807) is 0 Å². The Morgan fingerprint density at radius 2 is 1.82 bits per heavy atom.